The third-order valence-electron chi connectivity index (χ3n) is 3.96. The Kier molecular flexibility index (Phi) is 3.98. The summed E-state index contributed by atoms with van der Waals surface area (Å²) in [6.07, 6.45) is 1.82. The fourth-order valence-electron chi connectivity index (χ4n) is 2.61. The van der Waals surface area contributed by atoms with Gasteiger partial charge in [0.15, 0.2) is 0 Å². The van der Waals surface area contributed by atoms with E-state index in [1.165, 1.54) is 9.80 Å². The van der Waals surface area contributed by atoms with Crippen LogP contribution < -0.4 is 4.90 Å². The monoisotopic (exact) mass is 312 g/mol. The maximum absolute atomic E-state index is 12.5. The van der Waals surface area contributed by atoms with Crippen LogP contribution in [0.25, 0.3) is 0 Å². The van der Waals surface area contributed by atoms with Crippen molar-refractivity contribution in [2.24, 2.45) is 0 Å². The van der Waals surface area contributed by atoms with Crippen molar-refractivity contribution in [3.05, 3.63) is 30.3 Å². The molecule has 0 bridgehead atoms. The Hall–Kier alpha value is -2.88. The smallest absolute Gasteiger partial charge is 0.312 e. The van der Waals surface area contributed by atoms with Gasteiger partial charge >= 0.3 is 6.03 Å². The third-order valence-corrected chi connectivity index (χ3v) is 3.96. The largest absolute Gasteiger partial charge is 0.327 e. The van der Waals surface area contributed by atoms with Gasteiger partial charge in [0.25, 0.3) is 5.91 Å². The van der Waals surface area contributed by atoms with Crippen LogP contribution in [-0.2, 0) is 9.59 Å². The molecule has 2 fully saturated rings. The number of benzene rings is 1. The third kappa shape index (κ3) is 3.01. The number of rotatable bonds is 5. The minimum absolute atomic E-state index is 0.0420. The SMILES string of the molecule is N#CCN(C(=O)CN1C(=O)CN(C2CC2)C1=O)c1ccccc1. The zero-order valence-corrected chi connectivity index (χ0v) is 12.5. The number of carbonyl (C=O) groups is 3. The molecule has 7 nitrogen and oxygen atoms in total. The van der Waals surface area contributed by atoms with Crippen molar-refractivity contribution in [1.82, 2.24) is 9.80 Å². The second kappa shape index (κ2) is 6.08. The van der Waals surface area contributed by atoms with Crippen molar-refractivity contribution >= 4 is 23.5 Å². The predicted molar refractivity (Wildman–Crippen MR) is 81.2 cm³/mol. The predicted octanol–water partition coefficient (Wildman–Crippen LogP) is 0.970. The standard InChI is InChI=1S/C16H16N4O3/c17-8-9-18(12-4-2-1-3-5-12)14(21)11-20-15(22)10-19(16(20)23)13-6-7-13/h1-5,13H,6-7,9-11H2. The van der Waals surface area contributed by atoms with Crippen molar-refractivity contribution in [1.29, 1.82) is 5.26 Å². The molecule has 1 aliphatic heterocycles. The summed E-state index contributed by atoms with van der Waals surface area (Å²) in [6.45, 7) is -0.427. The van der Waals surface area contributed by atoms with Gasteiger partial charge in [-0.3, -0.25) is 19.4 Å². The van der Waals surface area contributed by atoms with Crippen LogP contribution in [-0.4, -0.2) is 53.3 Å². The number of anilines is 1. The molecule has 7 heteroatoms. The van der Waals surface area contributed by atoms with Crippen molar-refractivity contribution < 1.29 is 14.4 Å². The van der Waals surface area contributed by atoms with E-state index < -0.39 is 11.9 Å². The summed E-state index contributed by atoms with van der Waals surface area (Å²) in [5.74, 6) is -0.808. The van der Waals surface area contributed by atoms with Crippen LogP contribution in [0.1, 0.15) is 12.8 Å². The topological polar surface area (TPSA) is 84.7 Å². The van der Waals surface area contributed by atoms with Crippen molar-refractivity contribution in [3.63, 3.8) is 0 Å². The van der Waals surface area contributed by atoms with Gasteiger partial charge in [-0.05, 0) is 25.0 Å². The molecule has 1 saturated heterocycles. The maximum atomic E-state index is 12.5. The van der Waals surface area contributed by atoms with E-state index in [1.54, 1.807) is 30.3 Å². The molecule has 1 saturated carbocycles. The van der Waals surface area contributed by atoms with Gasteiger partial charge in [0.05, 0.1) is 6.07 Å². The van der Waals surface area contributed by atoms with Crippen LogP contribution in [0.5, 0.6) is 0 Å². The van der Waals surface area contributed by atoms with Gasteiger partial charge in [0.2, 0.25) is 5.91 Å². The number of nitrogens with zero attached hydrogens (tertiary/aromatic N) is 4. The van der Waals surface area contributed by atoms with Crippen molar-refractivity contribution in [2.75, 3.05) is 24.5 Å². The van der Waals surface area contributed by atoms with Crippen LogP contribution >= 0.6 is 0 Å². The van der Waals surface area contributed by atoms with Gasteiger partial charge in [0, 0.05) is 11.7 Å². The Bertz CT molecular complexity index is 678. The summed E-state index contributed by atoms with van der Waals surface area (Å²) in [5.41, 5.74) is 0.567. The van der Waals surface area contributed by atoms with E-state index >= 15 is 0 Å². The van der Waals surface area contributed by atoms with E-state index in [1.807, 2.05) is 6.07 Å². The number of hydrogen-bond donors (Lipinski definition) is 0. The second-order valence-electron chi connectivity index (χ2n) is 5.60. The van der Waals surface area contributed by atoms with E-state index in [9.17, 15) is 14.4 Å². The molecule has 3 rings (SSSR count). The first-order valence-electron chi connectivity index (χ1n) is 7.45. The van der Waals surface area contributed by atoms with Gasteiger partial charge in [-0.1, -0.05) is 18.2 Å². The Morgan fingerprint density at radius 1 is 1.26 bits per heavy atom. The Labute approximate surface area is 133 Å². The Morgan fingerprint density at radius 3 is 2.57 bits per heavy atom. The molecule has 23 heavy (non-hydrogen) atoms. The molecule has 0 aromatic heterocycles. The van der Waals surface area contributed by atoms with Gasteiger partial charge < -0.3 is 4.90 Å². The lowest BCUT2D eigenvalue weighted by Crippen LogP contribution is -2.44. The molecule has 1 aliphatic carbocycles. The quantitative estimate of drug-likeness (QED) is 0.599. The van der Waals surface area contributed by atoms with Gasteiger partial charge in [0.1, 0.15) is 19.6 Å². The molecule has 1 aromatic rings. The lowest BCUT2D eigenvalue weighted by Gasteiger charge is -2.22. The highest BCUT2D eigenvalue weighted by atomic mass is 16.2. The zero-order valence-electron chi connectivity index (χ0n) is 12.5. The number of nitriles is 1. The van der Waals surface area contributed by atoms with E-state index in [4.69, 9.17) is 5.26 Å². The summed E-state index contributed by atoms with van der Waals surface area (Å²) in [5, 5.41) is 8.94. The highest BCUT2D eigenvalue weighted by Crippen LogP contribution is 2.30. The van der Waals surface area contributed by atoms with Crippen LogP contribution in [0.15, 0.2) is 30.3 Å². The first-order valence-corrected chi connectivity index (χ1v) is 7.45. The maximum Gasteiger partial charge on any atom is 0.327 e. The zero-order chi connectivity index (χ0) is 16.4. The average Bonchev–Trinajstić information content (AvgIpc) is 3.36. The normalized spacial score (nSPS) is 17.3. The first kappa shape index (κ1) is 15.0. The van der Waals surface area contributed by atoms with E-state index in [0.29, 0.717) is 5.69 Å². The average molecular weight is 312 g/mol. The number of imide groups is 1. The van der Waals surface area contributed by atoms with Crippen LogP contribution in [0, 0.1) is 11.3 Å². The molecule has 0 atom stereocenters. The Balaban J connectivity index is 1.73. The summed E-state index contributed by atoms with van der Waals surface area (Å²) in [4.78, 5) is 40.5. The van der Waals surface area contributed by atoms with E-state index in [2.05, 4.69) is 0 Å². The lowest BCUT2D eigenvalue weighted by atomic mass is 10.2. The fraction of sp³-hybridized carbons (Fsp3) is 0.375. The first-order chi connectivity index (χ1) is 11.1. The fourth-order valence-corrected chi connectivity index (χ4v) is 2.61. The molecule has 1 aromatic carbocycles. The molecule has 0 N–H and O–H groups in total. The summed E-state index contributed by atoms with van der Waals surface area (Å²) in [7, 11) is 0. The number of urea groups is 1. The van der Waals surface area contributed by atoms with E-state index in [-0.39, 0.29) is 31.6 Å². The van der Waals surface area contributed by atoms with E-state index in [0.717, 1.165) is 17.7 Å². The molecular weight excluding hydrogens is 296 g/mol. The second-order valence-corrected chi connectivity index (χ2v) is 5.60. The molecule has 0 unspecified atom stereocenters. The molecule has 118 valence electrons. The molecular formula is C16H16N4O3. The summed E-state index contributed by atoms with van der Waals surface area (Å²) >= 11 is 0. The minimum atomic E-state index is -0.447. The molecule has 0 radical (unpaired) electrons. The number of para-hydroxylation sites is 1. The minimum Gasteiger partial charge on any atom is -0.312 e. The highest BCUT2D eigenvalue weighted by molar-refractivity contribution is 6.07. The van der Waals surface area contributed by atoms with Crippen LogP contribution in [0.2, 0.25) is 0 Å². The molecule has 2 aliphatic rings. The number of amides is 4. The summed E-state index contributed by atoms with van der Waals surface area (Å²) in [6, 6.07) is 10.4. The number of carbonyl (C=O) groups excluding carboxylic acids is 3. The molecule has 4 amide bonds. The van der Waals surface area contributed by atoms with Crippen molar-refractivity contribution in [3.8, 4) is 6.07 Å². The summed E-state index contributed by atoms with van der Waals surface area (Å²) < 4.78 is 0. The molecule has 1 heterocycles. The van der Waals surface area contributed by atoms with Crippen molar-refractivity contribution in [2.45, 2.75) is 18.9 Å². The Morgan fingerprint density at radius 2 is 1.96 bits per heavy atom. The van der Waals surface area contributed by atoms with Gasteiger partial charge in [-0.25, -0.2) is 4.79 Å². The van der Waals surface area contributed by atoms with Crippen LogP contribution in [0.4, 0.5) is 10.5 Å². The molecule has 0 spiro atoms. The highest BCUT2D eigenvalue weighted by Gasteiger charge is 2.44. The van der Waals surface area contributed by atoms with Gasteiger partial charge in [-0.2, -0.15) is 5.26 Å². The lowest BCUT2D eigenvalue weighted by molar-refractivity contribution is -0.129. The number of hydrogen-bond acceptors (Lipinski definition) is 4. The van der Waals surface area contributed by atoms with Gasteiger partial charge in [-0.15, -0.1) is 0 Å². The van der Waals surface area contributed by atoms with Crippen LogP contribution in [0.3, 0.4) is 0 Å².